The van der Waals surface area contributed by atoms with Gasteiger partial charge in [-0.25, -0.2) is 8.42 Å². The molecule has 0 aliphatic heterocycles. The van der Waals surface area contributed by atoms with Gasteiger partial charge in [0.1, 0.15) is 11.0 Å². The standard InChI is InChI=1S/C12H17N3O4S/c1-7(2)11-13-12(19-15-11)9(4)20(16,17)6-10-5-8(3)14-18-10/h5,7,9H,6H2,1-4H3/t9-/m0/s1. The van der Waals surface area contributed by atoms with E-state index in [4.69, 9.17) is 9.05 Å². The van der Waals surface area contributed by atoms with Gasteiger partial charge in [0, 0.05) is 12.0 Å². The summed E-state index contributed by atoms with van der Waals surface area (Å²) in [5.74, 6) is 0.744. The van der Waals surface area contributed by atoms with Gasteiger partial charge in [0.25, 0.3) is 0 Å². The van der Waals surface area contributed by atoms with Crippen LogP contribution in [0, 0.1) is 6.92 Å². The summed E-state index contributed by atoms with van der Waals surface area (Å²) in [5.41, 5.74) is 0.641. The van der Waals surface area contributed by atoms with Crippen LogP contribution in [-0.2, 0) is 15.6 Å². The van der Waals surface area contributed by atoms with Crippen LogP contribution < -0.4 is 0 Å². The van der Waals surface area contributed by atoms with Crippen molar-refractivity contribution < 1.29 is 17.5 Å². The van der Waals surface area contributed by atoms with Crippen LogP contribution in [0.25, 0.3) is 0 Å². The molecule has 0 amide bonds. The molecule has 2 aromatic heterocycles. The summed E-state index contributed by atoms with van der Waals surface area (Å²) in [4.78, 5) is 4.12. The van der Waals surface area contributed by atoms with Crippen molar-refractivity contribution in [3.05, 3.63) is 29.2 Å². The van der Waals surface area contributed by atoms with Gasteiger partial charge in [-0.1, -0.05) is 24.2 Å². The molecule has 0 bridgehead atoms. The van der Waals surface area contributed by atoms with Crippen LogP contribution in [0.3, 0.4) is 0 Å². The van der Waals surface area contributed by atoms with Gasteiger partial charge in [0.15, 0.2) is 21.4 Å². The summed E-state index contributed by atoms with van der Waals surface area (Å²) in [5, 5.41) is 6.56. The topological polar surface area (TPSA) is 99.1 Å². The Morgan fingerprint density at radius 1 is 1.20 bits per heavy atom. The number of sulfone groups is 1. The summed E-state index contributed by atoms with van der Waals surface area (Å²) in [6, 6.07) is 1.59. The SMILES string of the molecule is Cc1cc(CS(=O)(=O)[C@@H](C)c2nc(C(C)C)no2)on1. The predicted octanol–water partition coefficient (Wildman–Crippen LogP) is 2.17. The first-order chi connectivity index (χ1) is 9.29. The van der Waals surface area contributed by atoms with Gasteiger partial charge in [-0.2, -0.15) is 4.98 Å². The number of hydrogen-bond acceptors (Lipinski definition) is 7. The predicted molar refractivity (Wildman–Crippen MR) is 70.7 cm³/mol. The van der Waals surface area contributed by atoms with E-state index in [0.717, 1.165) is 0 Å². The highest BCUT2D eigenvalue weighted by molar-refractivity contribution is 7.90. The molecule has 0 unspecified atom stereocenters. The van der Waals surface area contributed by atoms with E-state index in [1.165, 1.54) is 6.92 Å². The zero-order valence-electron chi connectivity index (χ0n) is 11.8. The van der Waals surface area contributed by atoms with Crippen molar-refractivity contribution in [2.45, 2.75) is 44.6 Å². The van der Waals surface area contributed by atoms with Gasteiger partial charge in [0.05, 0.1) is 5.69 Å². The van der Waals surface area contributed by atoms with Gasteiger partial charge in [-0.05, 0) is 13.8 Å². The smallest absolute Gasteiger partial charge is 0.244 e. The zero-order valence-corrected chi connectivity index (χ0v) is 12.6. The molecule has 0 fully saturated rings. The maximum atomic E-state index is 12.3. The van der Waals surface area contributed by atoms with Gasteiger partial charge in [-0.3, -0.25) is 0 Å². The molecule has 1 atom stereocenters. The molecule has 2 aromatic rings. The number of nitrogens with zero attached hydrogens (tertiary/aromatic N) is 3. The molecule has 0 aliphatic carbocycles. The van der Waals surface area contributed by atoms with Crippen molar-refractivity contribution in [3.8, 4) is 0 Å². The van der Waals surface area contributed by atoms with E-state index in [-0.39, 0.29) is 17.6 Å². The fraction of sp³-hybridized carbons (Fsp3) is 0.583. The molecular weight excluding hydrogens is 282 g/mol. The van der Waals surface area contributed by atoms with Crippen molar-refractivity contribution in [1.82, 2.24) is 15.3 Å². The van der Waals surface area contributed by atoms with E-state index in [1.54, 1.807) is 13.0 Å². The Bertz CT molecular complexity index is 687. The first-order valence-corrected chi connectivity index (χ1v) is 7.98. The minimum absolute atomic E-state index is 0.0827. The minimum atomic E-state index is -3.50. The second kappa shape index (κ2) is 5.35. The fourth-order valence-corrected chi connectivity index (χ4v) is 2.79. The molecule has 0 aromatic carbocycles. The Morgan fingerprint density at radius 3 is 2.40 bits per heavy atom. The van der Waals surface area contributed by atoms with Crippen LogP contribution in [-0.4, -0.2) is 23.7 Å². The number of rotatable bonds is 5. The second-order valence-electron chi connectivity index (χ2n) is 5.03. The van der Waals surface area contributed by atoms with Crippen LogP contribution in [0.15, 0.2) is 15.1 Å². The Labute approximate surface area is 117 Å². The average molecular weight is 299 g/mol. The van der Waals surface area contributed by atoms with Crippen molar-refractivity contribution in [3.63, 3.8) is 0 Å². The zero-order chi connectivity index (χ0) is 14.9. The Morgan fingerprint density at radius 2 is 1.90 bits per heavy atom. The van der Waals surface area contributed by atoms with Crippen LogP contribution in [0.2, 0.25) is 0 Å². The molecule has 0 saturated carbocycles. The normalized spacial score (nSPS) is 13.8. The second-order valence-corrected chi connectivity index (χ2v) is 7.35. The minimum Gasteiger partial charge on any atom is -0.360 e. The van der Waals surface area contributed by atoms with E-state index in [1.807, 2.05) is 13.8 Å². The summed E-state index contributed by atoms with van der Waals surface area (Å²) in [6.07, 6.45) is 0. The molecule has 2 heterocycles. The number of hydrogen-bond donors (Lipinski definition) is 0. The molecule has 110 valence electrons. The van der Waals surface area contributed by atoms with Gasteiger partial charge < -0.3 is 9.05 Å². The lowest BCUT2D eigenvalue weighted by Gasteiger charge is -2.06. The van der Waals surface area contributed by atoms with Crippen LogP contribution in [0.5, 0.6) is 0 Å². The quantitative estimate of drug-likeness (QED) is 0.834. The molecule has 0 aliphatic rings. The van der Waals surface area contributed by atoms with Gasteiger partial charge in [0.2, 0.25) is 5.89 Å². The summed E-state index contributed by atoms with van der Waals surface area (Å²) in [6.45, 7) is 7.07. The Hall–Kier alpha value is -1.70. The third-order valence-electron chi connectivity index (χ3n) is 2.88. The van der Waals surface area contributed by atoms with E-state index < -0.39 is 15.1 Å². The first kappa shape index (κ1) is 14.7. The van der Waals surface area contributed by atoms with Gasteiger partial charge in [-0.15, -0.1) is 0 Å². The monoisotopic (exact) mass is 299 g/mol. The molecule has 2 rings (SSSR count). The van der Waals surface area contributed by atoms with Crippen molar-refractivity contribution in [2.75, 3.05) is 0 Å². The maximum absolute atomic E-state index is 12.3. The molecule has 8 heteroatoms. The third-order valence-corrected chi connectivity index (χ3v) is 4.85. The average Bonchev–Trinajstić information content (AvgIpc) is 2.97. The van der Waals surface area contributed by atoms with E-state index >= 15 is 0 Å². The van der Waals surface area contributed by atoms with E-state index in [0.29, 0.717) is 17.3 Å². The summed E-state index contributed by atoms with van der Waals surface area (Å²) >= 11 is 0. The van der Waals surface area contributed by atoms with Gasteiger partial charge >= 0.3 is 0 Å². The summed E-state index contributed by atoms with van der Waals surface area (Å²) in [7, 11) is -3.50. The van der Waals surface area contributed by atoms with E-state index in [2.05, 4.69) is 15.3 Å². The number of aromatic nitrogens is 3. The highest BCUT2D eigenvalue weighted by Crippen LogP contribution is 2.25. The molecular formula is C12H17N3O4S. The van der Waals surface area contributed by atoms with Crippen molar-refractivity contribution in [1.29, 1.82) is 0 Å². The molecule has 0 spiro atoms. The van der Waals surface area contributed by atoms with Crippen molar-refractivity contribution >= 4 is 9.84 Å². The highest BCUT2D eigenvalue weighted by atomic mass is 32.2. The fourth-order valence-electron chi connectivity index (χ4n) is 1.61. The maximum Gasteiger partial charge on any atom is 0.244 e. The molecule has 7 nitrogen and oxygen atoms in total. The van der Waals surface area contributed by atoms with Crippen molar-refractivity contribution in [2.24, 2.45) is 0 Å². The number of aryl methyl sites for hydroxylation is 1. The Kier molecular flexibility index (Phi) is 3.94. The van der Waals surface area contributed by atoms with Crippen LogP contribution >= 0.6 is 0 Å². The van der Waals surface area contributed by atoms with E-state index in [9.17, 15) is 8.42 Å². The lowest BCUT2D eigenvalue weighted by atomic mass is 10.2. The lowest BCUT2D eigenvalue weighted by molar-refractivity contribution is 0.368. The Balaban J connectivity index is 2.19. The van der Waals surface area contributed by atoms with Crippen LogP contribution in [0.1, 0.15) is 55.1 Å². The van der Waals surface area contributed by atoms with Crippen LogP contribution in [0.4, 0.5) is 0 Å². The molecule has 0 radical (unpaired) electrons. The highest BCUT2D eigenvalue weighted by Gasteiger charge is 2.30. The largest absolute Gasteiger partial charge is 0.360 e. The lowest BCUT2D eigenvalue weighted by Crippen LogP contribution is -2.13. The molecule has 20 heavy (non-hydrogen) atoms. The first-order valence-electron chi connectivity index (χ1n) is 6.27. The summed E-state index contributed by atoms with van der Waals surface area (Å²) < 4.78 is 34.5. The third kappa shape index (κ3) is 3.06. The molecule has 0 saturated heterocycles. The molecule has 0 N–H and O–H groups in total.